The summed E-state index contributed by atoms with van der Waals surface area (Å²) in [7, 11) is 0. The molecule has 0 radical (unpaired) electrons. The molecular weight excluding hydrogens is 255 g/mol. The normalized spacial score (nSPS) is 13.5. The summed E-state index contributed by atoms with van der Waals surface area (Å²) in [6, 6.07) is 4.67. The lowest BCUT2D eigenvalue weighted by molar-refractivity contribution is -0.196. The summed E-state index contributed by atoms with van der Waals surface area (Å²) in [6.45, 7) is 1.64. The zero-order chi connectivity index (χ0) is 13.1. The van der Waals surface area contributed by atoms with Gasteiger partial charge in [-0.3, -0.25) is 0 Å². The topological polar surface area (TPSA) is 35.2 Å². The predicted molar refractivity (Wildman–Crippen MR) is 60.3 cm³/mol. The summed E-state index contributed by atoms with van der Waals surface area (Å²) in [5, 5.41) is 0.155. The lowest BCUT2D eigenvalue weighted by atomic mass is 10.2. The first kappa shape index (κ1) is 14.1. The second-order valence-electron chi connectivity index (χ2n) is 3.66. The van der Waals surface area contributed by atoms with Crippen LogP contribution in [-0.2, 0) is 0 Å². The number of hydrogen-bond acceptors (Lipinski definition) is 2. The molecule has 1 aromatic carbocycles. The number of aryl methyl sites for hydroxylation is 1. The van der Waals surface area contributed by atoms with Crippen LogP contribution < -0.4 is 10.5 Å². The highest BCUT2D eigenvalue weighted by Gasteiger charge is 2.41. The van der Waals surface area contributed by atoms with E-state index in [0.717, 1.165) is 5.56 Å². The van der Waals surface area contributed by atoms with Crippen LogP contribution in [0.4, 0.5) is 13.2 Å². The average molecular weight is 268 g/mol. The molecule has 1 rings (SSSR count). The number of nitrogens with two attached hydrogens (primary N) is 1. The van der Waals surface area contributed by atoms with Crippen LogP contribution in [0.5, 0.6) is 5.75 Å². The molecule has 1 atom stereocenters. The van der Waals surface area contributed by atoms with Crippen molar-refractivity contribution in [3.05, 3.63) is 28.8 Å². The first-order valence-electron chi connectivity index (χ1n) is 5.04. The number of hydrogen-bond donors (Lipinski definition) is 1. The van der Waals surface area contributed by atoms with Crippen molar-refractivity contribution >= 4 is 11.6 Å². The standard InChI is InChI=1S/C11H13ClF3NO/c1-7-2-3-8(12)9(6-7)17-10(4-5-16)11(13,14)15/h2-3,6,10H,4-5,16H2,1H3. The van der Waals surface area contributed by atoms with Crippen LogP contribution in [0.3, 0.4) is 0 Å². The molecule has 96 valence electrons. The van der Waals surface area contributed by atoms with Gasteiger partial charge in [-0.15, -0.1) is 0 Å². The Balaban J connectivity index is 2.89. The molecule has 0 bridgehead atoms. The van der Waals surface area contributed by atoms with E-state index in [2.05, 4.69) is 0 Å². The first-order valence-corrected chi connectivity index (χ1v) is 5.42. The fourth-order valence-electron chi connectivity index (χ4n) is 1.29. The predicted octanol–water partition coefficient (Wildman–Crippen LogP) is 3.31. The number of ether oxygens (including phenoxy) is 1. The van der Waals surface area contributed by atoms with Crippen LogP contribution in [0, 0.1) is 6.92 Å². The minimum absolute atomic E-state index is 0.0300. The van der Waals surface area contributed by atoms with Gasteiger partial charge in [0.1, 0.15) is 5.75 Å². The number of alkyl halides is 3. The maximum atomic E-state index is 12.6. The van der Waals surface area contributed by atoms with Gasteiger partial charge in [0.2, 0.25) is 0 Å². The lowest BCUT2D eigenvalue weighted by Gasteiger charge is -2.22. The molecule has 0 saturated heterocycles. The van der Waals surface area contributed by atoms with Crippen molar-refractivity contribution in [3.63, 3.8) is 0 Å². The average Bonchev–Trinajstić information content (AvgIpc) is 2.21. The number of halogens is 4. The van der Waals surface area contributed by atoms with Crippen LogP contribution in [-0.4, -0.2) is 18.8 Å². The van der Waals surface area contributed by atoms with E-state index in [1.165, 1.54) is 12.1 Å². The van der Waals surface area contributed by atoms with E-state index in [1.54, 1.807) is 13.0 Å². The van der Waals surface area contributed by atoms with Crippen molar-refractivity contribution in [1.29, 1.82) is 0 Å². The van der Waals surface area contributed by atoms with Gasteiger partial charge < -0.3 is 10.5 Å². The summed E-state index contributed by atoms with van der Waals surface area (Å²) in [5.41, 5.74) is 5.91. The van der Waals surface area contributed by atoms with Crippen molar-refractivity contribution in [2.24, 2.45) is 5.73 Å². The van der Waals surface area contributed by atoms with Crippen molar-refractivity contribution in [3.8, 4) is 5.75 Å². The zero-order valence-corrected chi connectivity index (χ0v) is 9.98. The van der Waals surface area contributed by atoms with Crippen molar-refractivity contribution in [1.82, 2.24) is 0 Å². The molecule has 0 saturated carbocycles. The van der Waals surface area contributed by atoms with Gasteiger partial charge in [-0.05, 0) is 31.2 Å². The summed E-state index contributed by atoms with van der Waals surface area (Å²) in [6.07, 6.45) is -6.67. The Labute approximate surface area is 103 Å². The van der Waals surface area contributed by atoms with Crippen LogP contribution in [0.2, 0.25) is 5.02 Å². The second kappa shape index (κ2) is 5.60. The van der Waals surface area contributed by atoms with Gasteiger partial charge in [0.05, 0.1) is 5.02 Å². The molecular formula is C11H13ClF3NO. The van der Waals surface area contributed by atoms with Gasteiger partial charge in [0.15, 0.2) is 6.10 Å². The largest absolute Gasteiger partial charge is 0.479 e. The molecule has 0 amide bonds. The molecule has 2 nitrogen and oxygen atoms in total. The Hall–Kier alpha value is -0.940. The van der Waals surface area contributed by atoms with Gasteiger partial charge >= 0.3 is 6.18 Å². The Morgan fingerprint density at radius 3 is 2.59 bits per heavy atom. The van der Waals surface area contributed by atoms with E-state index >= 15 is 0 Å². The monoisotopic (exact) mass is 267 g/mol. The molecule has 0 aromatic heterocycles. The third kappa shape index (κ3) is 4.09. The third-order valence-corrected chi connectivity index (χ3v) is 2.46. The Bertz CT molecular complexity index is 381. The molecule has 0 aliphatic heterocycles. The Morgan fingerprint density at radius 2 is 2.06 bits per heavy atom. The van der Waals surface area contributed by atoms with E-state index in [-0.39, 0.29) is 23.7 Å². The Kier molecular flexibility index (Phi) is 4.65. The van der Waals surface area contributed by atoms with Crippen LogP contribution in [0.25, 0.3) is 0 Å². The quantitative estimate of drug-likeness (QED) is 0.908. The highest BCUT2D eigenvalue weighted by Crippen LogP contribution is 2.31. The zero-order valence-electron chi connectivity index (χ0n) is 9.22. The Morgan fingerprint density at radius 1 is 1.41 bits per heavy atom. The first-order chi connectivity index (χ1) is 7.84. The van der Waals surface area contributed by atoms with Crippen molar-refractivity contribution < 1.29 is 17.9 Å². The van der Waals surface area contributed by atoms with E-state index in [0.29, 0.717) is 0 Å². The third-order valence-electron chi connectivity index (χ3n) is 2.15. The molecule has 6 heteroatoms. The second-order valence-corrected chi connectivity index (χ2v) is 4.07. The lowest BCUT2D eigenvalue weighted by Crippen LogP contribution is -2.36. The van der Waals surface area contributed by atoms with E-state index < -0.39 is 12.3 Å². The van der Waals surface area contributed by atoms with Crippen molar-refractivity contribution in [2.75, 3.05) is 6.54 Å². The van der Waals surface area contributed by atoms with Crippen LogP contribution in [0.1, 0.15) is 12.0 Å². The minimum Gasteiger partial charge on any atom is -0.479 e. The summed E-state index contributed by atoms with van der Waals surface area (Å²) >= 11 is 5.77. The van der Waals surface area contributed by atoms with Crippen LogP contribution in [0.15, 0.2) is 18.2 Å². The molecule has 0 spiro atoms. The SMILES string of the molecule is Cc1ccc(Cl)c(OC(CCN)C(F)(F)F)c1. The maximum absolute atomic E-state index is 12.6. The molecule has 0 aliphatic rings. The van der Waals surface area contributed by atoms with Crippen molar-refractivity contribution in [2.45, 2.75) is 25.6 Å². The number of rotatable bonds is 4. The molecule has 0 aliphatic carbocycles. The molecule has 0 heterocycles. The molecule has 17 heavy (non-hydrogen) atoms. The fraction of sp³-hybridized carbons (Fsp3) is 0.455. The van der Waals surface area contributed by atoms with E-state index in [9.17, 15) is 13.2 Å². The summed E-state index contributed by atoms with van der Waals surface area (Å²) in [4.78, 5) is 0. The maximum Gasteiger partial charge on any atom is 0.425 e. The molecule has 1 aromatic rings. The summed E-state index contributed by atoms with van der Waals surface area (Å²) < 4.78 is 42.7. The fourth-order valence-corrected chi connectivity index (χ4v) is 1.46. The van der Waals surface area contributed by atoms with Gasteiger partial charge in [-0.2, -0.15) is 13.2 Å². The minimum atomic E-state index is -4.45. The van der Waals surface area contributed by atoms with E-state index in [4.69, 9.17) is 22.1 Å². The highest BCUT2D eigenvalue weighted by atomic mass is 35.5. The van der Waals surface area contributed by atoms with E-state index in [1.807, 2.05) is 0 Å². The molecule has 1 unspecified atom stereocenters. The van der Waals surface area contributed by atoms with Gasteiger partial charge in [0, 0.05) is 6.42 Å². The van der Waals surface area contributed by atoms with Gasteiger partial charge in [-0.1, -0.05) is 17.7 Å². The smallest absolute Gasteiger partial charge is 0.425 e. The number of benzene rings is 1. The highest BCUT2D eigenvalue weighted by molar-refractivity contribution is 6.32. The molecule has 2 N–H and O–H groups in total. The molecule has 0 fully saturated rings. The van der Waals surface area contributed by atoms with Crippen LogP contribution >= 0.6 is 11.6 Å². The van der Waals surface area contributed by atoms with Gasteiger partial charge in [0.25, 0.3) is 0 Å². The summed E-state index contributed by atoms with van der Waals surface area (Å²) in [5.74, 6) is 0.0300. The van der Waals surface area contributed by atoms with Gasteiger partial charge in [-0.25, -0.2) is 0 Å².